The van der Waals surface area contributed by atoms with Crippen LogP contribution in [0.3, 0.4) is 0 Å². The number of hydrogen-bond acceptors (Lipinski definition) is 4. The Hall–Kier alpha value is -5.74. The molecule has 0 aliphatic rings. The van der Waals surface area contributed by atoms with Gasteiger partial charge in [0.05, 0.1) is 22.4 Å². The van der Waals surface area contributed by atoms with Gasteiger partial charge in [-0.3, -0.25) is 0 Å². The summed E-state index contributed by atoms with van der Waals surface area (Å²) >= 11 is 0. The van der Waals surface area contributed by atoms with Crippen molar-refractivity contribution < 1.29 is 0 Å². The molecule has 0 amide bonds. The molecule has 4 nitrogen and oxygen atoms in total. The predicted molar refractivity (Wildman–Crippen MR) is 208 cm³/mol. The van der Waals surface area contributed by atoms with Crippen LogP contribution in [0.1, 0.15) is 51.6 Å². The number of nitrogens with zero attached hydrogens (tertiary/aromatic N) is 4. The molecular weight excluding hydrogens is 609 g/mol. The first-order chi connectivity index (χ1) is 24.1. The van der Waals surface area contributed by atoms with E-state index in [-0.39, 0.29) is 10.8 Å². The van der Waals surface area contributed by atoms with Crippen LogP contribution in [-0.4, -0.2) is 19.9 Å². The maximum Gasteiger partial charge on any atom is 0.160 e. The van der Waals surface area contributed by atoms with E-state index >= 15 is 0 Å². The first kappa shape index (κ1) is 31.5. The summed E-state index contributed by atoms with van der Waals surface area (Å²) in [6.45, 7) is 11.3. The molecule has 0 radical (unpaired) electrons. The zero-order valence-corrected chi connectivity index (χ0v) is 29.3. The minimum Gasteiger partial charge on any atom is -0.232 e. The molecule has 0 atom stereocenters. The summed E-state index contributed by atoms with van der Waals surface area (Å²) in [6, 6.07) is 49.0. The van der Waals surface area contributed by atoms with Gasteiger partial charge in [0, 0.05) is 32.7 Å². The van der Waals surface area contributed by atoms with Crippen LogP contribution in [-0.2, 0) is 17.3 Å². The van der Waals surface area contributed by atoms with Crippen molar-refractivity contribution in [3.05, 3.63) is 156 Å². The van der Waals surface area contributed by atoms with E-state index in [0.29, 0.717) is 0 Å². The fraction of sp³-hybridized carbons (Fsp3) is 0.174. The minimum atomic E-state index is -0.338. The molecule has 0 fully saturated rings. The highest BCUT2D eigenvalue weighted by molar-refractivity contribution is 5.96. The summed E-state index contributed by atoms with van der Waals surface area (Å²) in [4.78, 5) is 20.9. The lowest BCUT2D eigenvalue weighted by Gasteiger charge is -2.27. The van der Waals surface area contributed by atoms with Crippen molar-refractivity contribution in [1.29, 1.82) is 0 Å². The summed E-state index contributed by atoms with van der Waals surface area (Å²) in [5.41, 5.74) is 9.09. The number of benzene rings is 6. The van der Waals surface area contributed by atoms with E-state index in [2.05, 4.69) is 174 Å². The van der Waals surface area contributed by atoms with E-state index < -0.39 is 0 Å². The third-order valence-corrected chi connectivity index (χ3v) is 9.59. The monoisotopic (exact) mass is 648 g/mol. The van der Waals surface area contributed by atoms with Crippen LogP contribution in [0.4, 0.5) is 0 Å². The molecule has 0 unspecified atom stereocenters. The standard InChI is InChI=1S/C46H40N4/c1-45(2,3)41-37-21-11-13-24-39(37)47-43(49-41)34-27-30(26-33(28-34)31-16-7-6-8-17-31)29-46(4,5)42-38-22-12-14-25-40(38)48-44(50-42)36-23-15-19-32-18-9-10-20-35(32)36/h6-28H,29H2,1-5H3. The molecule has 0 N–H and O–H groups in total. The van der Waals surface area contributed by atoms with Crippen molar-refractivity contribution in [3.8, 4) is 33.9 Å². The SMILES string of the molecule is CC(C)(C)c1nc(-c2cc(CC(C)(C)c3nc(-c4cccc5ccccc45)nc4ccccc34)cc(-c3ccccc3)c2)nc2ccccc12. The van der Waals surface area contributed by atoms with E-state index in [9.17, 15) is 0 Å². The van der Waals surface area contributed by atoms with Crippen LogP contribution in [0, 0.1) is 0 Å². The molecule has 6 aromatic carbocycles. The third kappa shape index (κ3) is 5.92. The van der Waals surface area contributed by atoms with Crippen LogP contribution in [0.15, 0.2) is 140 Å². The Kier molecular flexibility index (Phi) is 7.75. The van der Waals surface area contributed by atoms with Crippen LogP contribution < -0.4 is 0 Å². The summed E-state index contributed by atoms with van der Waals surface area (Å²) in [7, 11) is 0. The molecule has 4 heteroatoms. The maximum atomic E-state index is 5.39. The van der Waals surface area contributed by atoms with Crippen molar-refractivity contribution in [2.24, 2.45) is 0 Å². The normalized spacial score (nSPS) is 12.2. The number of rotatable bonds is 6. The average Bonchev–Trinajstić information content (AvgIpc) is 3.13. The second-order valence-electron chi connectivity index (χ2n) is 14.9. The van der Waals surface area contributed by atoms with Gasteiger partial charge in [-0.25, -0.2) is 19.9 Å². The molecule has 0 saturated carbocycles. The van der Waals surface area contributed by atoms with Gasteiger partial charge in [0.2, 0.25) is 0 Å². The Morgan fingerprint density at radius 3 is 1.72 bits per heavy atom. The number of para-hydroxylation sites is 2. The summed E-state index contributed by atoms with van der Waals surface area (Å²) in [6.07, 6.45) is 0.760. The number of hydrogen-bond donors (Lipinski definition) is 0. The smallest absolute Gasteiger partial charge is 0.160 e. The lowest BCUT2D eigenvalue weighted by molar-refractivity contribution is 0.510. The van der Waals surface area contributed by atoms with Gasteiger partial charge in [-0.1, -0.05) is 150 Å². The van der Waals surface area contributed by atoms with E-state index in [4.69, 9.17) is 19.9 Å². The Balaban J connectivity index is 1.29. The van der Waals surface area contributed by atoms with Gasteiger partial charge in [-0.05, 0) is 58.1 Å². The van der Waals surface area contributed by atoms with Gasteiger partial charge in [0.15, 0.2) is 11.6 Å². The van der Waals surface area contributed by atoms with Crippen LogP contribution in [0.25, 0.3) is 66.5 Å². The van der Waals surface area contributed by atoms with Crippen LogP contribution in [0.5, 0.6) is 0 Å². The van der Waals surface area contributed by atoms with E-state index in [0.717, 1.165) is 78.9 Å². The summed E-state index contributed by atoms with van der Waals surface area (Å²) in [5, 5.41) is 4.51. The molecule has 0 aliphatic carbocycles. The van der Waals surface area contributed by atoms with E-state index in [1.807, 2.05) is 0 Å². The van der Waals surface area contributed by atoms with Crippen molar-refractivity contribution in [1.82, 2.24) is 19.9 Å². The first-order valence-corrected chi connectivity index (χ1v) is 17.4. The topological polar surface area (TPSA) is 51.6 Å². The van der Waals surface area contributed by atoms with E-state index in [1.165, 1.54) is 10.9 Å². The average molecular weight is 649 g/mol. The molecule has 8 rings (SSSR count). The number of aromatic nitrogens is 4. The van der Waals surface area contributed by atoms with Gasteiger partial charge in [0.25, 0.3) is 0 Å². The quantitative estimate of drug-likeness (QED) is 0.180. The second-order valence-corrected chi connectivity index (χ2v) is 14.9. The lowest BCUT2D eigenvalue weighted by atomic mass is 9.79. The Morgan fingerprint density at radius 1 is 0.440 bits per heavy atom. The maximum absolute atomic E-state index is 5.39. The molecule has 50 heavy (non-hydrogen) atoms. The van der Waals surface area contributed by atoms with Gasteiger partial charge in [-0.2, -0.15) is 0 Å². The minimum absolute atomic E-state index is 0.144. The fourth-order valence-electron chi connectivity index (χ4n) is 7.23. The lowest BCUT2D eigenvalue weighted by Crippen LogP contribution is -2.23. The Morgan fingerprint density at radius 2 is 1.00 bits per heavy atom. The summed E-state index contributed by atoms with van der Waals surface area (Å²) < 4.78 is 0. The molecule has 0 saturated heterocycles. The second kappa shape index (κ2) is 12.3. The molecular formula is C46H40N4. The molecule has 0 aliphatic heterocycles. The van der Waals surface area contributed by atoms with Gasteiger partial charge in [-0.15, -0.1) is 0 Å². The van der Waals surface area contributed by atoms with Gasteiger partial charge < -0.3 is 0 Å². The Labute approximate surface area is 294 Å². The van der Waals surface area contributed by atoms with Crippen molar-refractivity contribution in [2.45, 2.75) is 51.9 Å². The molecule has 0 spiro atoms. The van der Waals surface area contributed by atoms with E-state index in [1.54, 1.807) is 0 Å². The molecule has 0 bridgehead atoms. The van der Waals surface area contributed by atoms with Crippen LogP contribution >= 0.6 is 0 Å². The highest BCUT2D eigenvalue weighted by Gasteiger charge is 2.28. The zero-order valence-electron chi connectivity index (χ0n) is 29.3. The zero-order chi connectivity index (χ0) is 34.5. The highest BCUT2D eigenvalue weighted by atomic mass is 14.9. The highest BCUT2D eigenvalue weighted by Crippen LogP contribution is 2.37. The van der Waals surface area contributed by atoms with Crippen LogP contribution in [0.2, 0.25) is 0 Å². The largest absolute Gasteiger partial charge is 0.232 e. The van der Waals surface area contributed by atoms with Gasteiger partial charge in [0.1, 0.15) is 0 Å². The Bertz CT molecular complexity index is 2520. The molecule has 8 aromatic rings. The van der Waals surface area contributed by atoms with Crippen molar-refractivity contribution >= 4 is 32.6 Å². The number of fused-ring (bicyclic) bond motifs is 3. The first-order valence-electron chi connectivity index (χ1n) is 17.4. The molecule has 2 aromatic heterocycles. The van der Waals surface area contributed by atoms with Crippen molar-refractivity contribution in [3.63, 3.8) is 0 Å². The summed E-state index contributed by atoms with van der Waals surface area (Å²) in [5.74, 6) is 1.50. The molecule has 244 valence electrons. The molecule has 2 heterocycles. The van der Waals surface area contributed by atoms with Crippen molar-refractivity contribution in [2.75, 3.05) is 0 Å². The fourth-order valence-corrected chi connectivity index (χ4v) is 7.23. The third-order valence-electron chi connectivity index (χ3n) is 9.59. The predicted octanol–water partition coefficient (Wildman–Crippen LogP) is 11.5. The van der Waals surface area contributed by atoms with Gasteiger partial charge >= 0.3 is 0 Å².